The third-order valence-electron chi connectivity index (χ3n) is 2.99. The number of benzene rings is 1. The Morgan fingerprint density at radius 2 is 2.15 bits per heavy atom. The van der Waals surface area contributed by atoms with Crippen molar-refractivity contribution >= 4 is 34.4 Å². The van der Waals surface area contributed by atoms with Crippen LogP contribution >= 0.6 is 11.6 Å². The van der Waals surface area contributed by atoms with Gasteiger partial charge in [-0.25, -0.2) is 4.79 Å². The minimum Gasteiger partial charge on any atom is -0.477 e. The van der Waals surface area contributed by atoms with Crippen molar-refractivity contribution in [3.8, 4) is 0 Å². The summed E-state index contributed by atoms with van der Waals surface area (Å²) in [5.74, 6) is -1.28. The Morgan fingerprint density at radius 3 is 2.80 bits per heavy atom. The molecule has 20 heavy (non-hydrogen) atoms. The predicted molar refractivity (Wildman–Crippen MR) is 77.3 cm³/mol. The summed E-state index contributed by atoms with van der Waals surface area (Å²) in [5, 5.41) is 13.2. The van der Waals surface area contributed by atoms with Crippen molar-refractivity contribution in [1.82, 2.24) is 10.3 Å². The van der Waals surface area contributed by atoms with Crippen LogP contribution in [0, 0.1) is 0 Å². The Morgan fingerprint density at radius 1 is 1.40 bits per heavy atom. The summed E-state index contributed by atoms with van der Waals surface area (Å²) in [6, 6.07) is 5.05. The molecule has 0 unspecified atom stereocenters. The molecule has 2 rings (SSSR count). The fraction of sp³-hybridized carbons (Fsp3) is 0.286. The number of nitrogens with one attached hydrogen (secondary N) is 2. The zero-order valence-corrected chi connectivity index (χ0v) is 11.8. The van der Waals surface area contributed by atoms with Gasteiger partial charge in [0.25, 0.3) is 0 Å². The first-order valence-corrected chi connectivity index (χ1v) is 6.70. The van der Waals surface area contributed by atoms with Crippen LogP contribution in [0.4, 0.5) is 0 Å². The highest BCUT2D eigenvalue weighted by Gasteiger charge is 2.19. The lowest BCUT2D eigenvalue weighted by atomic mass is 10.1. The predicted octanol–water partition coefficient (Wildman–Crippen LogP) is 2.59. The van der Waals surface area contributed by atoms with Crippen LogP contribution in [0.2, 0.25) is 5.02 Å². The first-order valence-electron chi connectivity index (χ1n) is 6.33. The molecule has 0 aliphatic carbocycles. The minimum absolute atomic E-state index is 0.0310. The fourth-order valence-electron chi connectivity index (χ4n) is 2.08. The number of aromatic carboxylic acids is 1. The number of aromatic amines is 1. The van der Waals surface area contributed by atoms with Gasteiger partial charge in [-0.2, -0.15) is 0 Å². The van der Waals surface area contributed by atoms with Gasteiger partial charge in [-0.15, -0.1) is 0 Å². The SMILES string of the molecule is CCCNC(=O)Cc1c(C(=O)O)[nH]c2cc(Cl)ccc12. The molecule has 5 nitrogen and oxygen atoms in total. The van der Waals surface area contributed by atoms with Gasteiger partial charge in [0.1, 0.15) is 5.69 Å². The smallest absolute Gasteiger partial charge is 0.352 e. The number of fused-ring (bicyclic) bond motifs is 1. The van der Waals surface area contributed by atoms with Crippen LogP contribution in [-0.4, -0.2) is 28.5 Å². The second kappa shape index (κ2) is 5.96. The molecule has 0 saturated carbocycles. The molecule has 6 heteroatoms. The van der Waals surface area contributed by atoms with Gasteiger partial charge < -0.3 is 15.4 Å². The molecule has 0 aliphatic rings. The fourth-order valence-corrected chi connectivity index (χ4v) is 2.25. The molecule has 1 amide bonds. The molecule has 1 aromatic carbocycles. The van der Waals surface area contributed by atoms with Gasteiger partial charge in [0.2, 0.25) is 5.91 Å². The molecule has 0 atom stereocenters. The number of carbonyl (C=O) groups excluding carboxylic acids is 1. The van der Waals surface area contributed by atoms with Crippen molar-refractivity contribution < 1.29 is 14.7 Å². The first-order chi connectivity index (χ1) is 9.52. The Balaban J connectivity index is 2.41. The maximum Gasteiger partial charge on any atom is 0.352 e. The standard InChI is InChI=1S/C14H15ClN2O3/c1-2-5-16-12(18)7-10-9-4-3-8(15)6-11(9)17-13(10)14(19)20/h3-4,6,17H,2,5,7H2,1H3,(H,16,18)(H,19,20). The molecular formula is C14H15ClN2O3. The summed E-state index contributed by atoms with van der Waals surface area (Å²) in [4.78, 5) is 25.9. The number of amides is 1. The molecule has 0 fully saturated rings. The van der Waals surface area contributed by atoms with Crippen LogP contribution in [-0.2, 0) is 11.2 Å². The van der Waals surface area contributed by atoms with Crippen LogP contribution in [0.3, 0.4) is 0 Å². The number of aromatic nitrogens is 1. The molecule has 0 bridgehead atoms. The average molecular weight is 295 g/mol. The Labute approximate surface area is 120 Å². The van der Waals surface area contributed by atoms with Gasteiger partial charge in [-0.1, -0.05) is 24.6 Å². The highest BCUT2D eigenvalue weighted by Crippen LogP contribution is 2.26. The Kier molecular flexibility index (Phi) is 4.29. The molecule has 3 N–H and O–H groups in total. The number of hydrogen-bond acceptors (Lipinski definition) is 2. The van der Waals surface area contributed by atoms with E-state index in [1.807, 2.05) is 6.92 Å². The number of rotatable bonds is 5. The van der Waals surface area contributed by atoms with E-state index >= 15 is 0 Å². The van der Waals surface area contributed by atoms with Crippen molar-refractivity contribution in [2.45, 2.75) is 19.8 Å². The van der Waals surface area contributed by atoms with E-state index in [0.717, 1.165) is 6.42 Å². The molecule has 106 valence electrons. The number of carboxylic acid groups (broad SMARTS) is 1. The van der Waals surface area contributed by atoms with Gasteiger partial charge >= 0.3 is 5.97 Å². The van der Waals surface area contributed by atoms with E-state index in [1.165, 1.54) is 0 Å². The van der Waals surface area contributed by atoms with Gasteiger partial charge in [-0.05, 0) is 18.6 Å². The van der Waals surface area contributed by atoms with Crippen LogP contribution in [0.25, 0.3) is 10.9 Å². The molecule has 0 aliphatic heterocycles. The van der Waals surface area contributed by atoms with E-state index in [-0.39, 0.29) is 18.0 Å². The number of carbonyl (C=O) groups is 2. The average Bonchev–Trinajstić information content (AvgIpc) is 2.74. The van der Waals surface area contributed by atoms with Crippen LogP contribution in [0.1, 0.15) is 29.4 Å². The van der Waals surface area contributed by atoms with E-state index in [9.17, 15) is 14.7 Å². The van der Waals surface area contributed by atoms with Crippen LogP contribution in [0.15, 0.2) is 18.2 Å². The molecule has 2 aromatic rings. The number of halogens is 1. The van der Waals surface area contributed by atoms with Gasteiger partial charge in [-0.3, -0.25) is 4.79 Å². The maximum absolute atomic E-state index is 11.8. The second-order valence-corrected chi connectivity index (χ2v) is 4.94. The molecule has 0 spiro atoms. The maximum atomic E-state index is 11.8. The Bertz CT molecular complexity index is 664. The largest absolute Gasteiger partial charge is 0.477 e. The summed E-state index contributed by atoms with van der Waals surface area (Å²) >= 11 is 5.89. The number of carboxylic acids is 1. The summed E-state index contributed by atoms with van der Waals surface area (Å²) in [7, 11) is 0. The quantitative estimate of drug-likeness (QED) is 0.792. The zero-order chi connectivity index (χ0) is 14.7. The van der Waals surface area contributed by atoms with Crippen molar-refractivity contribution in [2.24, 2.45) is 0 Å². The van der Waals surface area contributed by atoms with E-state index in [1.54, 1.807) is 18.2 Å². The monoisotopic (exact) mass is 294 g/mol. The number of hydrogen-bond donors (Lipinski definition) is 3. The highest BCUT2D eigenvalue weighted by atomic mass is 35.5. The molecule has 1 aromatic heterocycles. The van der Waals surface area contributed by atoms with Gasteiger partial charge in [0, 0.05) is 28.0 Å². The summed E-state index contributed by atoms with van der Waals surface area (Å²) in [6.07, 6.45) is 0.865. The van der Waals surface area contributed by atoms with Gasteiger partial charge in [0.05, 0.1) is 6.42 Å². The van der Waals surface area contributed by atoms with Crippen molar-refractivity contribution in [3.05, 3.63) is 34.5 Å². The molecule has 1 heterocycles. The third-order valence-corrected chi connectivity index (χ3v) is 3.23. The third kappa shape index (κ3) is 2.93. The normalized spacial score (nSPS) is 10.7. The van der Waals surface area contributed by atoms with E-state index in [2.05, 4.69) is 10.3 Å². The Hall–Kier alpha value is -2.01. The van der Waals surface area contributed by atoms with E-state index < -0.39 is 5.97 Å². The summed E-state index contributed by atoms with van der Waals surface area (Å²) < 4.78 is 0. The van der Waals surface area contributed by atoms with E-state index in [4.69, 9.17) is 11.6 Å². The van der Waals surface area contributed by atoms with Crippen molar-refractivity contribution in [3.63, 3.8) is 0 Å². The minimum atomic E-state index is -1.09. The molecule has 0 radical (unpaired) electrons. The molecule has 0 saturated heterocycles. The molecular weight excluding hydrogens is 280 g/mol. The number of H-pyrrole nitrogens is 1. The van der Waals surface area contributed by atoms with E-state index in [0.29, 0.717) is 28.0 Å². The topological polar surface area (TPSA) is 82.2 Å². The van der Waals surface area contributed by atoms with Crippen molar-refractivity contribution in [1.29, 1.82) is 0 Å². The van der Waals surface area contributed by atoms with Crippen molar-refractivity contribution in [2.75, 3.05) is 6.54 Å². The lowest BCUT2D eigenvalue weighted by molar-refractivity contribution is -0.120. The lowest BCUT2D eigenvalue weighted by Crippen LogP contribution is -2.26. The summed E-state index contributed by atoms with van der Waals surface area (Å²) in [6.45, 7) is 2.53. The highest BCUT2D eigenvalue weighted by molar-refractivity contribution is 6.31. The summed E-state index contributed by atoms with van der Waals surface area (Å²) in [5.41, 5.74) is 1.14. The first kappa shape index (κ1) is 14.4. The van der Waals surface area contributed by atoms with Gasteiger partial charge in [0.15, 0.2) is 0 Å². The van der Waals surface area contributed by atoms with Crippen LogP contribution < -0.4 is 5.32 Å². The zero-order valence-electron chi connectivity index (χ0n) is 11.0. The lowest BCUT2D eigenvalue weighted by Gasteiger charge is -2.04. The van der Waals surface area contributed by atoms with Crippen LogP contribution in [0.5, 0.6) is 0 Å². The second-order valence-electron chi connectivity index (χ2n) is 4.50.